The number of rotatable bonds is 3. The summed E-state index contributed by atoms with van der Waals surface area (Å²) in [4.78, 5) is 0. The van der Waals surface area contributed by atoms with Crippen molar-refractivity contribution in [2.24, 2.45) is 0 Å². The predicted molar refractivity (Wildman–Crippen MR) is 47.9 cm³/mol. The third-order valence-electron chi connectivity index (χ3n) is 1.44. The van der Waals surface area contributed by atoms with E-state index in [2.05, 4.69) is 6.07 Å². The van der Waals surface area contributed by atoms with Gasteiger partial charge in [-0.25, -0.2) is 0 Å². The fourth-order valence-electron chi connectivity index (χ4n) is 0.842. The summed E-state index contributed by atoms with van der Waals surface area (Å²) in [5.41, 5.74) is 1.00. The van der Waals surface area contributed by atoms with Crippen molar-refractivity contribution in [3.8, 4) is 5.75 Å². The summed E-state index contributed by atoms with van der Waals surface area (Å²) >= 11 is 0. The van der Waals surface area contributed by atoms with Gasteiger partial charge in [-0.1, -0.05) is 18.2 Å². The van der Waals surface area contributed by atoms with Crippen molar-refractivity contribution in [3.05, 3.63) is 35.9 Å². The number of methoxy groups -OCH3 is 1. The lowest BCUT2D eigenvalue weighted by Gasteiger charge is -1.97. The van der Waals surface area contributed by atoms with Crippen LogP contribution in [-0.2, 0) is 0 Å². The lowest BCUT2D eigenvalue weighted by molar-refractivity contribution is 0.343. The molecule has 1 aromatic carbocycles. The van der Waals surface area contributed by atoms with E-state index in [1.54, 1.807) is 13.2 Å². The number of hydrogen-bond acceptors (Lipinski definition) is 2. The molecule has 0 fully saturated rings. The number of aliphatic hydroxyl groups is 1. The molecule has 2 nitrogen and oxygen atoms in total. The van der Waals surface area contributed by atoms with E-state index in [4.69, 9.17) is 9.84 Å². The molecule has 0 bridgehead atoms. The molecule has 0 atom stereocenters. The van der Waals surface area contributed by atoms with E-state index in [0.717, 1.165) is 11.3 Å². The van der Waals surface area contributed by atoms with E-state index in [-0.39, 0.29) is 6.61 Å². The number of ether oxygens (including phenoxy) is 1. The SMILES string of the molecule is COc1[c]cc(C=CCO)cc1. The third-order valence-corrected chi connectivity index (χ3v) is 1.44. The van der Waals surface area contributed by atoms with Gasteiger partial charge in [0.15, 0.2) is 0 Å². The summed E-state index contributed by atoms with van der Waals surface area (Å²) in [5.74, 6) is 0.719. The number of aliphatic hydroxyl groups excluding tert-OH is 1. The molecule has 63 valence electrons. The van der Waals surface area contributed by atoms with Crippen LogP contribution in [0.25, 0.3) is 6.08 Å². The van der Waals surface area contributed by atoms with Crippen LogP contribution in [0.15, 0.2) is 24.3 Å². The average Bonchev–Trinajstić information content (AvgIpc) is 2.15. The molecular weight excluding hydrogens is 152 g/mol. The molecule has 0 heterocycles. The first kappa shape index (κ1) is 8.81. The summed E-state index contributed by atoms with van der Waals surface area (Å²) in [5, 5.41) is 8.51. The topological polar surface area (TPSA) is 29.5 Å². The van der Waals surface area contributed by atoms with E-state index < -0.39 is 0 Å². The first-order valence-electron chi connectivity index (χ1n) is 3.70. The minimum Gasteiger partial charge on any atom is -0.496 e. The Hall–Kier alpha value is -1.28. The summed E-state index contributed by atoms with van der Waals surface area (Å²) in [6.45, 7) is 0.0615. The molecule has 2 heteroatoms. The van der Waals surface area contributed by atoms with Gasteiger partial charge >= 0.3 is 0 Å². The first-order chi connectivity index (χ1) is 5.86. The quantitative estimate of drug-likeness (QED) is 0.731. The highest BCUT2D eigenvalue weighted by Crippen LogP contribution is 2.10. The van der Waals surface area contributed by atoms with Gasteiger partial charge in [0, 0.05) is 6.07 Å². The van der Waals surface area contributed by atoms with Crippen molar-refractivity contribution in [2.45, 2.75) is 0 Å². The Balaban J connectivity index is 2.71. The minimum absolute atomic E-state index is 0.0615. The molecule has 1 radical (unpaired) electrons. The number of hydrogen-bond donors (Lipinski definition) is 1. The molecule has 1 aromatic rings. The second-order valence-electron chi connectivity index (χ2n) is 2.28. The fraction of sp³-hybridized carbons (Fsp3) is 0.200. The average molecular weight is 163 g/mol. The Morgan fingerprint density at radius 3 is 2.92 bits per heavy atom. The Bertz CT molecular complexity index is 249. The van der Waals surface area contributed by atoms with Gasteiger partial charge in [0.2, 0.25) is 0 Å². The van der Waals surface area contributed by atoms with Gasteiger partial charge in [0.1, 0.15) is 5.75 Å². The van der Waals surface area contributed by atoms with E-state index in [1.165, 1.54) is 0 Å². The summed E-state index contributed by atoms with van der Waals surface area (Å²) < 4.78 is 4.94. The second kappa shape index (κ2) is 4.57. The van der Waals surface area contributed by atoms with Crippen molar-refractivity contribution in [3.63, 3.8) is 0 Å². The normalized spacial score (nSPS) is 10.5. The monoisotopic (exact) mass is 163 g/mol. The zero-order valence-electron chi connectivity index (χ0n) is 6.95. The highest BCUT2D eigenvalue weighted by Gasteiger charge is 1.89. The Kier molecular flexibility index (Phi) is 3.35. The van der Waals surface area contributed by atoms with Crippen LogP contribution in [-0.4, -0.2) is 18.8 Å². The van der Waals surface area contributed by atoms with Gasteiger partial charge in [-0.2, -0.15) is 0 Å². The molecule has 0 saturated heterocycles. The summed E-state index contributed by atoms with van der Waals surface area (Å²) in [6, 6.07) is 8.49. The van der Waals surface area contributed by atoms with Gasteiger partial charge in [0.05, 0.1) is 13.7 Å². The van der Waals surface area contributed by atoms with Crippen LogP contribution in [0.3, 0.4) is 0 Å². The molecular formula is C10H11O2. The minimum atomic E-state index is 0.0615. The Labute approximate surface area is 72.1 Å². The standard InChI is InChI=1S/C10H11O2/c1-12-10-6-4-9(5-7-10)3-2-8-11/h2-6,11H,8H2,1H3. The van der Waals surface area contributed by atoms with Gasteiger partial charge < -0.3 is 9.84 Å². The van der Waals surface area contributed by atoms with E-state index in [1.807, 2.05) is 24.3 Å². The summed E-state index contributed by atoms with van der Waals surface area (Å²) in [7, 11) is 1.61. The highest BCUT2D eigenvalue weighted by molar-refractivity contribution is 5.50. The third kappa shape index (κ3) is 2.40. The van der Waals surface area contributed by atoms with Crippen LogP contribution in [0, 0.1) is 6.07 Å². The Morgan fingerprint density at radius 2 is 2.42 bits per heavy atom. The Morgan fingerprint density at radius 1 is 1.58 bits per heavy atom. The molecule has 12 heavy (non-hydrogen) atoms. The van der Waals surface area contributed by atoms with Crippen LogP contribution in [0.4, 0.5) is 0 Å². The van der Waals surface area contributed by atoms with E-state index in [0.29, 0.717) is 0 Å². The molecule has 1 N–H and O–H groups in total. The molecule has 0 amide bonds. The molecule has 0 aliphatic carbocycles. The van der Waals surface area contributed by atoms with Gasteiger partial charge in [-0.05, 0) is 17.7 Å². The van der Waals surface area contributed by atoms with Crippen molar-refractivity contribution >= 4 is 6.08 Å². The van der Waals surface area contributed by atoms with Crippen molar-refractivity contribution in [2.75, 3.05) is 13.7 Å². The smallest absolute Gasteiger partial charge is 0.126 e. The molecule has 0 aliphatic rings. The maximum atomic E-state index is 8.51. The molecule has 0 saturated carbocycles. The lowest BCUT2D eigenvalue weighted by atomic mass is 10.2. The molecule has 0 aliphatic heterocycles. The zero-order valence-corrected chi connectivity index (χ0v) is 6.95. The molecule has 0 aromatic heterocycles. The van der Waals surface area contributed by atoms with Gasteiger partial charge in [-0.15, -0.1) is 0 Å². The van der Waals surface area contributed by atoms with Crippen LogP contribution in [0.1, 0.15) is 5.56 Å². The maximum Gasteiger partial charge on any atom is 0.126 e. The molecule has 0 spiro atoms. The van der Waals surface area contributed by atoms with E-state index >= 15 is 0 Å². The number of benzene rings is 1. The highest BCUT2D eigenvalue weighted by atomic mass is 16.5. The lowest BCUT2D eigenvalue weighted by Crippen LogP contribution is -1.82. The predicted octanol–water partition coefficient (Wildman–Crippen LogP) is 1.50. The zero-order chi connectivity index (χ0) is 8.81. The van der Waals surface area contributed by atoms with Crippen molar-refractivity contribution in [1.82, 2.24) is 0 Å². The van der Waals surface area contributed by atoms with Crippen LogP contribution < -0.4 is 4.74 Å². The largest absolute Gasteiger partial charge is 0.496 e. The molecule has 0 unspecified atom stereocenters. The first-order valence-corrected chi connectivity index (χ1v) is 3.70. The summed E-state index contributed by atoms with van der Waals surface area (Å²) in [6.07, 6.45) is 3.51. The fourth-order valence-corrected chi connectivity index (χ4v) is 0.842. The van der Waals surface area contributed by atoms with Crippen LogP contribution in [0.5, 0.6) is 5.75 Å². The van der Waals surface area contributed by atoms with Crippen LogP contribution >= 0.6 is 0 Å². The van der Waals surface area contributed by atoms with Gasteiger partial charge in [-0.3, -0.25) is 0 Å². The van der Waals surface area contributed by atoms with Crippen molar-refractivity contribution in [1.29, 1.82) is 0 Å². The maximum absolute atomic E-state index is 8.51. The van der Waals surface area contributed by atoms with Gasteiger partial charge in [0.25, 0.3) is 0 Å². The van der Waals surface area contributed by atoms with E-state index in [9.17, 15) is 0 Å². The van der Waals surface area contributed by atoms with Crippen molar-refractivity contribution < 1.29 is 9.84 Å². The second-order valence-corrected chi connectivity index (χ2v) is 2.28. The molecule has 1 rings (SSSR count). The van der Waals surface area contributed by atoms with Crippen LogP contribution in [0.2, 0.25) is 0 Å².